The highest BCUT2D eigenvalue weighted by Crippen LogP contribution is 2.23. The fourth-order valence-corrected chi connectivity index (χ4v) is 2.19. The SMILES string of the molecule is CCC(C)=C1CCN(CC(C)(C)F)CC1. The second kappa shape index (κ2) is 5.11. The quantitative estimate of drug-likeness (QED) is 0.648. The smallest absolute Gasteiger partial charge is 0.118 e. The number of piperidine rings is 1. The molecule has 0 spiro atoms. The largest absolute Gasteiger partial charge is 0.300 e. The van der Waals surface area contributed by atoms with E-state index in [1.165, 1.54) is 5.57 Å². The van der Waals surface area contributed by atoms with E-state index >= 15 is 0 Å². The van der Waals surface area contributed by atoms with Crippen molar-refractivity contribution in [1.29, 1.82) is 0 Å². The van der Waals surface area contributed by atoms with Crippen molar-refractivity contribution >= 4 is 0 Å². The molecular weight excluding hydrogens is 189 g/mol. The molecule has 1 aliphatic rings. The number of hydrogen-bond acceptors (Lipinski definition) is 1. The van der Waals surface area contributed by atoms with Gasteiger partial charge in [-0.3, -0.25) is 4.90 Å². The second-order valence-corrected chi connectivity index (χ2v) is 5.23. The Morgan fingerprint density at radius 2 is 1.87 bits per heavy atom. The van der Waals surface area contributed by atoms with Gasteiger partial charge in [0.25, 0.3) is 0 Å². The number of rotatable bonds is 3. The Morgan fingerprint density at radius 3 is 2.27 bits per heavy atom. The van der Waals surface area contributed by atoms with Crippen molar-refractivity contribution in [1.82, 2.24) is 4.90 Å². The van der Waals surface area contributed by atoms with E-state index in [9.17, 15) is 4.39 Å². The Kier molecular flexibility index (Phi) is 4.32. The van der Waals surface area contributed by atoms with Gasteiger partial charge in [0.15, 0.2) is 0 Å². The average Bonchev–Trinajstić information content (AvgIpc) is 2.15. The summed E-state index contributed by atoms with van der Waals surface area (Å²) in [5.74, 6) is 0. The van der Waals surface area contributed by atoms with Crippen molar-refractivity contribution in [3.8, 4) is 0 Å². The first-order valence-electron chi connectivity index (χ1n) is 6.01. The predicted octanol–water partition coefficient (Wildman–Crippen LogP) is 3.56. The maximum atomic E-state index is 13.4. The Hall–Kier alpha value is -0.370. The third kappa shape index (κ3) is 4.33. The first-order valence-corrected chi connectivity index (χ1v) is 6.01. The molecule has 1 saturated heterocycles. The molecule has 2 heteroatoms. The lowest BCUT2D eigenvalue weighted by molar-refractivity contribution is 0.119. The van der Waals surface area contributed by atoms with Crippen molar-refractivity contribution in [2.45, 2.75) is 52.6 Å². The highest BCUT2D eigenvalue weighted by atomic mass is 19.1. The normalized spacial score (nSPS) is 19.4. The van der Waals surface area contributed by atoms with E-state index in [0.29, 0.717) is 6.54 Å². The number of alkyl halides is 1. The third-order valence-electron chi connectivity index (χ3n) is 3.19. The maximum absolute atomic E-state index is 13.4. The zero-order valence-electron chi connectivity index (χ0n) is 10.6. The molecule has 0 radical (unpaired) electrons. The first-order chi connectivity index (χ1) is 6.92. The molecule has 15 heavy (non-hydrogen) atoms. The molecule has 0 aromatic rings. The summed E-state index contributed by atoms with van der Waals surface area (Å²) in [5.41, 5.74) is 2.08. The Bertz CT molecular complexity index is 227. The lowest BCUT2D eigenvalue weighted by Gasteiger charge is -2.32. The van der Waals surface area contributed by atoms with Crippen LogP contribution in [0.5, 0.6) is 0 Å². The molecule has 0 bridgehead atoms. The van der Waals surface area contributed by atoms with Gasteiger partial charge in [0.2, 0.25) is 0 Å². The van der Waals surface area contributed by atoms with Crippen molar-refractivity contribution in [2.24, 2.45) is 0 Å². The lowest BCUT2D eigenvalue weighted by atomic mass is 9.96. The minimum absolute atomic E-state index is 0.575. The van der Waals surface area contributed by atoms with Gasteiger partial charge in [-0.05, 0) is 40.0 Å². The van der Waals surface area contributed by atoms with Crippen molar-refractivity contribution in [3.05, 3.63) is 11.1 Å². The van der Waals surface area contributed by atoms with E-state index in [2.05, 4.69) is 18.7 Å². The molecule has 1 nitrogen and oxygen atoms in total. The van der Waals surface area contributed by atoms with E-state index < -0.39 is 5.67 Å². The molecule has 88 valence electrons. The van der Waals surface area contributed by atoms with Crippen LogP contribution in [0.15, 0.2) is 11.1 Å². The summed E-state index contributed by atoms with van der Waals surface area (Å²) < 4.78 is 13.4. The molecule has 0 saturated carbocycles. The van der Waals surface area contributed by atoms with Crippen molar-refractivity contribution in [3.63, 3.8) is 0 Å². The predicted molar refractivity (Wildman–Crippen MR) is 63.9 cm³/mol. The van der Waals surface area contributed by atoms with Gasteiger partial charge in [0.1, 0.15) is 5.67 Å². The fraction of sp³-hybridized carbons (Fsp3) is 0.846. The first kappa shape index (κ1) is 12.7. The van der Waals surface area contributed by atoms with Gasteiger partial charge in [-0.1, -0.05) is 18.1 Å². The highest BCUT2D eigenvalue weighted by Gasteiger charge is 2.23. The Labute approximate surface area is 93.3 Å². The summed E-state index contributed by atoms with van der Waals surface area (Å²) in [4.78, 5) is 2.24. The van der Waals surface area contributed by atoms with E-state index in [0.717, 1.165) is 32.4 Å². The highest BCUT2D eigenvalue weighted by molar-refractivity contribution is 5.14. The van der Waals surface area contributed by atoms with Gasteiger partial charge in [-0.2, -0.15) is 0 Å². The zero-order chi connectivity index (χ0) is 11.5. The molecule has 1 rings (SSSR count). The van der Waals surface area contributed by atoms with Crippen LogP contribution in [-0.2, 0) is 0 Å². The number of nitrogens with zero attached hydrogens (tertiary/aromatic N) is 1. The molecule has 0 amide bonds. The van der Waals surface area contributed by atoms with E-state index in [1.54, 1.807) is 19.4 Å². The molecule has 1 fully saturated rings. The molecule has 0 aromatic carbocycles. The Morgan fingerprint density at radius 1 is 1.33 bits per heavy atom. The summed E-state index contributed by atoms with van der Waals surface area (Å²) in [7, 11) is 0. The van der Waals surface area contributed by atoms with Crippen LogP contribution in [0.2, 0.25) is 0 Å². The summed E-state index contributed by atoms with van der Waals surface area (Å²) in [6.07, 6.45) is 3.43. The maximum Gasteiger partial charge on any atom is 0.118 e. The van der Waals surface area contributed by atoms with Gasteiger partial charge in [-0.15, -0.1) is 0 Å². The molecular formula is C13H24FN. The van der Waals surface area contributed by atoms with Gasteiger partial charge in [-0.25, -0.2) is 4.39 Å². The standard InChI is InChI=1S/C13H24FN/c1-5-11(2)12-6-8-15(9-7-12)10-13(3,4)14/h5-10H2,1-4H3. The van der Waals surface area contributed by atoms with Crippen LogP contribution in [0.4, 0.5) is 4.39 Å². The number of halogens is 1. The minimum Gasteiger partial charge on any atom is -0.300 e. The summed E-state index contributed by atoms with van der Waals surface area (Å²) in [6.45, 7) is 10.4. The molecule has 1 heterocycles. The van der Waals surface area contributed by atoms with Gasteiger partial charge in [0.05, 0.1) is 0 Å². The monoisotopic (exact) mass is 213 g/mol. The summed E-state index contributed by atoms with van der Waals surface area (Å²) >= 11 is 0. The topological polar surface area (TPSA) is 3.24 Å². The van der Waals surface area contributed by atoms with E-state index in [4.69, 9.17) is 0 Å². The summed E-state index contributed by atoms with van der Waals surface area (Å²) in [6, 6.07) is 0. The lowest BCUT2D eigenvalue weighted by Crippen LogP contribution is -2.39. The van der Waals surface area contributed by atoms with E-state index in [-0.39, 0.29) is 0 Å². The van der Waals surface area contributed by atoms with Gasteiger partial charge < -0.3 is 0 Å². The minimum atomic E-state index is -1.05. The van der Waals surface area contributed by atoms with Crippen LogP contribution < -0.4 is 0 Å². The Balaban J connectivity index is 2.43. The average molecular weight is 213 g/mol. The van der Waals surface area contributed by atoms with Crippen LogP contribution in [0.3, 0.4) is 0 Å². The second-order valence-electron chi connectivity index (χ2n) is 5.23. The zero-order valence-corrected chi connectivity index (χ0v) is 10.6. The number of hydrogen-bond donors (Lipinski definition) is 0. The van der Waals surface area contributed by atoms with Crippen molar-refractivity contribution < 1.29 is 4.39 Å². The molecule has 1 aliphatic heterocycles. The molecule has 0 unspecified atom stereocenters. The van der Waals surface area contributed by atoms with Crippen LogP contribution in [0.25, 0.3) is 0 Å². The van der Waals surface area contributed by atoms with Gasteiger partial charge in [0, 0.05) is 19.6 Å². The van der Waals surface area contributed by atoms with Crippen LogP contribution in [-0.4, -0.2) is 30.2 Å². The van der Waals surface area contributed by atoms with Crippen LogP contribution in [0, 0.1) is 0 Å². The number of allylic oxidation sites excluding steroid dienone is 1. The molecule has 0 atom stereocenters. The third-order valence-corrected chi connectivity index (χ3v) is 3.19. The molecule has 0 aromatic heterocycles. The molecule has 0 N–H and O–H groups in total. The number of likely N-dealkylation sites (tertiary alicyclic amines) is 1. The van der Waals surface area contributed by atoms with E-state index in [1.807, 2.05) is 0 Å². The van der Waals surface area contributed by atoms with Crippen molar-refractivity contribution in [2.75, 3.05) is 19.6 Å². The van der Waals surface area contributed by atoms with Crippen LogP contribution >= 0.6 is 0 Å². The fourth-order valence-electron chi connectivity index (χ4n) is 2.19. The van der Waals surface area contributed by atoms with Gasteiger partial charge >= 0.3 is 0 Å². The van der Waals surface area contributed by atoms with Crippen LogP contribution in [0.1, 0.15) is 47.0 Å². The molecule has 0 aliphatic carbocycles. The summed E-state index contributed by atoms with van der Waals surface area (Å²) in [5, 5.41) is 0.